The van der Waals surface area contributed by atoms with E-state index in [1.165, 1.54) is 0 Å². The summed E-state index contributed by atoms with van der Waals surface area (Å²) in [6.07, 6.45) is 6.48. The number of halogens is 1. The molecule has 3 N–H and O–H groups in total. The topological polar surface area (TPSA) is 214 Å². The van der Waals surface area contributed by atoms with Crippen molar-refractivity contribution >= 4 is 56.7 Å². The molecule has 5 aliphatic heterocycles. The van der Waals surface area contributed by atoms with Crippen molar-refractivity contribution in [3.05, 3.63) is 101 Å². The molecule has 7 atom stereocenters. The van der Waals surface area contributed by atoms with Crippen molar-refractivity contribution in [1.82, 2.24) is 50.4 Å². The van der Waals surface area contributed by atoms with Gasteiger partial charge in [0.25, 0.3) is 5.88 Å². The molecule has 0 saturated carbocycles. The number of likely N-dealkylation sites (tertiary alicyclic amines) is 3. The Labute approximate surface area is 479 Å². The van der Waals surface area contributed by atoms with E-state index in [1.807, 2.05) is 89.6 Å². The van der Waals surface area contributed by atoms with Gasteiger partial charge in [0, 0.05) is 61.6 Å². The van der Waals surface area contributed by atoms with E-state index < -0.39 is 23.9 Å². The zero-order chi connectivity index (χ0) is 56.9. The van der Waals surface area contributed by atoms with E-state index in [-0.39, 0.29) is 97.1 Å². The van der Waals surface area contributed by atoms with E-state index in [9.17, 15) is 19.5 Å². The van der Waals surface area contributed by atoms with Crippen molar-refractivity contribution < 1.29 is 42.6 Å². The summed E-state index contributed by atoms with van der Waals surface area (Å²) < 4.78 is 41.3. The second kappa shape index (κ2) is 23.0. The lowest BCUT2D eigenvalue weighted by Gasteiger charge is -2.37. The van der Waals surface area contributed by atoms with E-state index in [0.29, 0.717) is 73.5 Å². The van der Waals surface area contributed by atoms with Crippen LogP contribution in [0, 0.1) is 18.7 Å². The smallest absolute Gasteiger partial charge is 0.410 e. The Morgan fingerprint density at radius 2 is 1.71 bits per heavy atom. The minimum Gasteiger partial charge on any atom is -0.508 e. The van der Waals surface area contributed by atoms with Crippen LogP contribution in [-0.2, 0) is 20.7 Å². The number of nitrogens with zero attached hydrogens (tertiary/aromatic N) is 9. The van der Waals surface area contributed by atoms with Gasteiger partial charge >= 0.3 is 12.1 Å². The number of hydrogen-bond donors (Lipinski definition) is 3. The second-order valence-electron chi connectivity index (χ2n) is 23.1. The first-order chi connectivity index (χ1) is 39.7. The maximum absolute atomic E-state index is 17.2. The lowest BCUT2D eigenvalue weighted by molar-refractivity contribution is -0.141. The summed E-state index contributed by atoms with van der Waals surface area (Å²) in [5.41, 5.74) is 6.57. The van der Waals surface area contributed by atoms with E-state index in [0.717, 1.165) is 63.7 Å². The van der Waals surface area contributed by atoms with E-state index >= 15 is 4.39 Å². The summed E-state index contributed by atoms with van der Waals surface area (Å²) in [5, 5.41) is 23.9. The number of piperazine rings is 1. The van der Waals surface area contributed by atoms with Crippen LogP contribution in [0.1, 0.15) is 101 Å². The Kier molecular flexibility index (Phi) is 15.5. The summed E-state index contributed by atoms with van der Waals surface area (Å²) >= 11 is 1.60. The molecule has 5 fully saturated rings. The van der Waals surface area contributed by atoms with Crippen LogP contribution in [0.4, 0.5) is 15.0 Å². The van der Waals surface area contributed by atoms with Crippen LogP contribution in [0.15, 0.2) is 76.9 Å². The second-order valence-corrected chi connectivity index (χ2v) is 24.0. The Morgan fingerprint density at radius 3 is 2.44 bits per heavy atom. The van der Waals surface area contributed by atoms with Crippen LogP contribution in [0.2, 0.25) is 0 Å². The number of carbonyl (C=O) groups is 3. The number of benzene rings is 3. The minimum absolute atomic E-state index is 0.0180. The third-order valence-corrected chi connectivity index (χ3v) is 18.4. The Hall–Kier alpha value is -7.49. The number of rotatable bonds is 17. The van der Waals surface area contributed by atoms with Crippen molar-refractivity contribution in [2.75, 3.05) is 57.9 Å². The van der Waals surface area contributed by atoms with Gasteiger partial charge in [-0.3, -0.25) is 19.5 Å². The molecule has 3 amide bonds. The van der Waals surface area contributed by atoms with Crippen molar-refractivity contribution in [1.29, 1.82) is 0 Å². The summed E-state index contributed by atoms with van der Waals surface area (Å²) in [4.78, 5) is 68.8. The van der Waals surface area contributed by atoms with Gasteiger partial charge in [0.05, 0.1) is 40.6 Å². The molecule has 7 aromatic rings. The number of aromatic hydroxyl groups is 1. The highest BCUT2D eigenvalue weighted by atomic mass is 32.1. The van der Waals surface area contributed by atoms with Gasteiger partial charge in [-0.05, 0) is 117 Å². The number of carbonyl (C=O) groups excluding carboxylic acids is 3. The molecule has 0 spiro atoms. The number of pyridine rings is 1. The number of likely N-dealkylation sites (N-methyl/N-ethyl adjacent to an activating group) is 1. The monoisotopic (exact) mass is 1140 g/mol. The van der Waals surface area contributed by atoms with Crippen LogP contribution < -0.4 is 25.0 Å². The summed E-state index contributed by atoms with van der Waals surface area (Å²) in [6, 6.07) is 18.5. The molecule has 0 radical (unpaired) electrons. The first-order valence-corrected chi connectivity index (χ1v) is 29.7. The highest BCUT2D eigenvalue weighted by Gasteiger charge is 2.42. The molecule has 21 heteroatoms. The van der Waals surface area contributed by atoms with Gasteiger partial charge < -0.3 is 49.2 Å². The summed E-state index contributed by atoms with van der Waals surface area (Å²) in [6.45, 7) is 12.7. The first-order valence-electron chi connectivity index (χ1n) is 28.8. The average Bonchev–Trinajstić information content (AvgIpc) is 3.78. The van der Waals surface area contributed by atoms with Crippen LogP contribution in [0.3, 0.4) is 0 Å². The highest BCUT2D eigenvalue weighted by Crippen LogP contribution is 2.40. The zero-order valence-corrected chi connectivity index (χ0v) is 48.0. The maximum atomic E-state index is 17.2. The van der Waals surface area contributed by atoms with Crippen LogP contribution >= 0.6 is 11.3 Å². The number of phenols is 1. The molecule has 12 rings (SSSR count). The fraction of sp³-hybridized carbons (Fsp3) is 0.475. The molecule has 5 aliphatic rings. The SMILES string of the molecule is CCc1cccc2cc(O)cc(-c3ncc4c(N5CC6CCC(C5)N6)nc(OC[C@@H]5CC[C@@H](COC(=O)N6CC(Oc7cc([C@@H](C(=O)N8CCC[C@H]8C(=O)N[C@@H](C)c8ccc(-c9scnc9C)cc8)C(C)C)on7)C6)N5C)nc4c3F)c12. The normalized spacial score (nSPS) is 21.8. The number of anilines is 1. The molecule has 4 aromatic heterocycles. The van der Waals surface area contributed by atoms with Gasteiger partial charge in [0.2, 0.25) is 11.8 Å². The zero-order valence-electron chi connectivity index (χ0n) is 47.1. The van der Waals surface area contributed by atoms with Crippen LogP contribution in [0.5, 0.6) is 17.6 Å². The van der Waals surface area contributed by atoms with Gasteiger partial charge in [0.1, 0.15) is 54.1 Å². The number of hydrogen-bond acceptors (Lipinski definition) is 17. The Morgan fingerprint density at radius 1 is 0.939 bits per heavy atom. The predicted molar refractivity (Wildman–Crippen MR) is 309 cm³/mol. The molecular formula is C61H70FN11O8S. The first kappa shape index (κ1) is 55.1. The molecule has 19 nitrogen and oxygen atoms in total. The molecule has 82 heavy (non-hydrogen) atoms. The molecule has 2 unspecified atom stereocenters. The van der Waals surface area contributed by atoms with Gasteiger partial charge in [-0.1, -0.05) is 63.2 Å². The van der Waals surface area contributed by atoms with Gasteiger partial charge in [-0.15, -0.1) is 11.3 Å². The lowest BCUT2D eigenvalue weighted by atomic mass is 9.91. The number of aryl methyl sites for hydroxylation is 2. The molecule has 5 saturated heterocycles. The number of aromatic nitrogens is 5. The van der Waals surface area contributed by atoms with Gasteiger partial charge in [0.15, 0.2) is 11.6 Å². The van der Waals surface area contributed by atoms with E-state index in [1.54, 1.807) is 45.5 Å². The Bertz CT molecular complexity index is 3510. The standard InChI is InChI=1S/C61H70FN11O8S/c1-7-36-10-8-11-39-22-44(74)23-46(52(36)39)54-53(62)55-47(25-63-54)57(71-26-40-17-18-41(27-71)66-40)68-60(67-55)78-30-42-19-20-43(70(42)6)31-79-61(77)72-28-45(29-72)80-50-24-49(81-69-50)51(33(2)3)59(76)73-21-9-12-48(73)58(75)65-34(4)37-13-15-38(16-14-37)56-35(5)64-32-82-56/h8,10-11,13-16,22-25,32-34,40-43,45,48,51,66,74H,7,9,12,17-21,26-31H2,1-6H3,(H,65,75)/t34-,40?,41?,42-,43-,48-,51-/m0/s1. The quantitative estimate of drug-likeness (QED) is 0.0776. The third-order valence-electron chi connectivity index (χ3n) is 17.4. The van der Waals surface area contributed by atoms with Crippen LogP contribution in [-0.4, -0.2) is 152 Å². The summed E-state index contributed by atoms with van der Waals surface area (Å²) in [7, 11) is 1.98. The van der Waals surface area contributed by atoms with Crippen molar-refractivity contribution in [2.45, 2.75) is 128 Å². The van der Waals surface area contributed by atoms with Crippen molar-refractivity contribution in [3.8, 4) is 39.3 Å². The number of fused-ring (bicyclic) bond motifs is 4. The maximum Gasteiger partial charge on any atom is 0.410 e. The number of amides is 3. The number of ether oxygens (including phenoxy) is 3. The molecule has 2 bridgehead atoms. The minimum atomic E-state index is -0.687. The molecular weight excluding hydrogens is 1070 g/mol. The molecule has 0 aliphatic carbocycles. The largest absolute Gasteiger partial charge is 0.508 e. The van der Waals surface area contributed by atoms with Gasteiger partial charge in [-0.25, -0.2) is 14.2 Å². The molecule has 3 aromatic carbocycles. The molecule has 9 heterocycles. The highest BCUT2D eigenvalue weighted by molar-refractivity contribution is 7.13. The third kappa shape index (κ3) is 10.9. The van der Waals surface area contributed by atoms with E-state index in [4.69, 9.17) is 33.7 Å². The van der Waals surface area contributed by atoms with Crippen LogP contribution in [0.25, 0.3) is 43.4 Å². The fourth-order valence-corrected chi connectivity index (χ4v) is 13.6. The average molecular weight is 1140 g/mol. The van der Waals surface area contributed by atoms with E-state index in [2.05, 4.69) is 30.6 Å². The van der Waals surface area contributed by atoms with Crippen molar-refractivity contribution in [2.24, 2.45) is 5.92 Å². The Balaban J connectivity index is 0.638. The fourth-order valence-electron chi connectivity index (χ4n) is 12.8. The number of phenolic OH excluding ortho intramolecular Hbond substituents is 1. The lowest BCUT2D eigenvalue weighted by Crippen LogP contribution is -2.56. The molecule has 430 valence electrons. The summed E-state index contributed by atoms with van der Waals surface area (Å²) in [5.74, 6) is -0.682. The number of thiazole rings is 1. The number of nitrogens with one attached hydrogen (secondary N) is 2. The van der Waals surface area contributed by atoms with Crippen molar-refractivity contribution in [3.63, 3.8) is 0 Å². The van der Waals surface area contributed by atoms with Gasteiger partial charge in [-0.2, -0.15) is 9.97 Å². The predicted octanol–water partition coefficient (Wildman–Crippen LogP) is 8.96.